The summed E-state index contributed by atoms with van der Waals surface area (Å²) in [6.45, 7) is 2.03. The van der Waals surface area contributed by atoms with Crippen LogP contribution >= 0.6 is 11.3 Å². The summed E-state index contributed by atoms with van der Waals surface area (Å²) in [6.07, 6.45) is 5.28. The summed E-state index contributed by atoms with van der Waals surface area (Å²) < 4.78 is 27.3. The van der Waals surface area contributed by atoms with Gasteiger partial charge in [-0.1, -0.05) is 6.07 Å². The minimum absolute atomic E-state index is 0.241. The van der Waals surface area contributed by atoms with E-state index in [1.165, 1.54) is 19.3 Å². The molecule has 2 N–H and O–H groups in total. The Morgan fingerprint density at radius 2 is 1.70 bits per heavy atom. The van der Waals surface area contributed by atoms with Crippen LogP contribution in [0.5, 0.6) is 0 Å². The molecule has 0 atom stereocenters. The molecular weight excluding hydrogens is 420 g/mol. The number of nitrogens with one attached hydrogen (secondary N) is 2. The van der Waals surface area contributed by atoms with Crippen LogP contribution < -0.4 is 14.9 Å². The molecule has 0 aliphatic carbocycles. The molecule has 1 fully saturated rings. The van der Waals surface area contributed by atoms with Crippen LogP contribution in [0.2, 0.25) is 0 Å². The lowest BCUT2D eigenvalue weighted by molar-refractivity contribution is 0.102. The summed E-state index contributed by atoms with van der Waals surface area (Å²) in [7, 11) is -3.61. The maximum Gasteiger partial charge on any atom is 0.271 e. The maximum absolute atomic E-state index is 12.5. The summed E-state index contributed by atoms with van der Waals surface area (Å²) in [4.78, 5) is 19.2. The van der Waals surface area contributed by atoms with Crippen LogP contribution in [-0.4, -0.2) is 32.4 Å². The molecule has 1 aliphatic heterocycles. The number of aromatic nitrogens is 1. The number of amides is 1. The highest BCUT2D eigenvalue weighted by Gasteiger charge is 2.16. The number of pyridine rings is 1. The molecule has 0 saturated carbocycles. The van der Waals surface area contributed by atoms with Gasteiger partial charge in [0.1, 0.15) is 10.0 Å². The molecule has 2 aromatic heterocycles. The molecule has 1 amide bonds. The Morgan fingerprint density at radius 3 is 2.33 bits per heavy atom. The van der Waals surface area contributed by atoms with Crippen LogP contribution in [0.15, 0.2) is 64.3 Å². The summed E-state index contributed by atoms with van der Waals surface area (Å²) in [6, 6.07) is 13.3. The Hall–Kier alpha value is -2.91. The van der Waals surface area contributed by atoms with E-state index < -0.39 is 10.0 Å². The van der Waals surface area contributed by atoms with Crippen molar-refractivity contribution in [3.63, 3.8) is 0 Å². The van der Waals surface area contributed by atoms with Crippen molar-refractivity contribution in [3.05, 3.63) is 65.7 Å². The van der Waals surface area contributed by atoms with Gasteiger partial charge in [0, 0.05) is 24.3 Å². The highest BCUT2D eigenvalue weighted by atomic mass is 32.2. The van der Waals surface area contributed by atoms with Gasteiger partial charge in [-0.2, -0.15) is 0 Å². The Labute approximate surface area is 179 Å². The van der Waals surface area contributed by atoms with Gasteiger partial charge in [-0.25, -0.2) is 13.4 Å². The smallest absolute Gasteiger partial charge is 0.271 e. The molecule has 3 heterocycles. The number of thiophene rings is 1. The first-order valence-electron chi connectivity index (χ1n) is 9.70. The number of hydrogen-bond acceptors (Lipinski definition) is 6. The number of piperidine rings is 1. The second-order valence-corrected chi connectivity index (χ2v) is 9.88. The number of sulfonamides is 1. The highest BCUT2D eigenvalue weighted by molar-refractivity contribution is 7.94. The second kappa shape index (κ2) is 8.85. The Bertz CT molecular complexity index is 1090. The van der Waals surface area contributed by atoms with Crippen LogP contribution in [-0.2, 0) is 10.0 Å². The van der Waals surface area contributed by atoms with Crippen LogP contribution in [0.4, 0.5) is 17.2 Å². The predicted octanol–water partition coefficient (Wildman–Crippen LogP) is 4.19. The van der Waals surface area contributed by atoms with Gasteiger partial charge in [0.15, 0.2) is 0 Å². The molecule has 0 spiro atoms. The fourth-order valence-corrected chi connectivity index (χ4v) is 5.34. The number of nitrogens with zero attached hydrogens (tertiary/aromatic N) is 2. The van der Waals surface area contributed by atoms with E-state index in [4.69, 9.17) is 0 Å². The fourth-order valence-electron chi connectivity index (χ4n) is 3.28. The quantitative estimate of drug-likeness (QED) is 0.597. The average molecular weight is 443 g/mol. The van der Waals surface area contributed by atoms with Gasteiger partial charge in [0.05, 0.1) is 11.9 Å². The lowest BCUT2D eigenvalue weighted by Crippen LogP contribution is -2.30. The van der Waals surface area contributed by atoms with E-state index in [0.717, 1.165) is 30.2 Å². The van der Waals surface area contributed by atoms with Gasteiger partial charge < -0.3 is 10.2 Å². The summed E-state index contributed by atoms with van der Waals surface area (Å²) >= 11 is 1.14. The summed E-state index contributed by atoms with van der Waals surface area (Å²) in [5, 5.41) is 4.53. The number of carbonyl (C=O) groups excluding carboxylic acids is 1. The second-order valence-electron chi connectivity index (χ2n) is 7.02. The molecule has 1 aromatic carbocycles. The number of carbonyl (C=O) groups is 1. The van der Waals surface area contributed by atoms with Gasteiger partial charge in [0.2, 0.25) is 0 Å². The predicted molar refractivity (Wildman–Crippen MR) is 120 cm³/mol. The van der Waals surface area contributed by atoms with E-state index >= 15 is 0 Å². The molecule has 1 aliphatic rings. The fraction of sp³-hybridized carbons (Fsp3) is 0.238. The first-order valence-corrected chi connectivity index (χ1v) is 12.1. The van der Waals surface area contributed by atoms with Gasteiger partial charge in [0.25, 0.3) is 15.9 Å². The van der Waals surface area contributed by atoms with Crippen molar-refractivity contribution in [3.8, 4) is 0 Å². The minimum Gasteiger partial charge on any atom is -0.357 e. The molecule has 4 rings (SSSR count). The summed E-state index contributed by atoms with van der Waals surface area (Å²) in [5.74, 6) is 0.644. The molecule has 30 heavy (non-hydrogen) atoms. The van der Waals surface area contributed by atoms with Crippen molar-refractivity contribution in [2.45, 2.75) is 23.5 Å². The van der Waals surface area contributed by atoms with Crippen molar-refractivity contribution < 1.29 is 13.2 Å². The topological polar surface area (TPSA) is 91.4 Å². The molecule has 0 unspecified atom stereocenters. The first-order chi connectivity index (χ1) is 14.5. The average Bonchev–Trinajstić information content (AvgIpc) is 3.31. The van der Waals surface area contributed by atoms with Gasteiger partial charge >= 0.3 is 0 Å². The monoisotopic (exact) mass is 442 g/mol. The first kappa shape index (κ1) is 20.4. The Morgan fingerprint density at radius 1 is 0.967 bits per heavy atom. The van der Waals surface area contributed by atoms with Crippen LogP contribution in [0.1, 0.15) is 29.6 Å². The van der Waals surface area contributed by atoms with E-state index in [1.807, 2.05) is 12.1 Å². The molecule has 1 saturated heterocycles. The number of hydrogen-bond donors (Lipinski definition) is 2. The third-order valence-electron chi connectivity index (χ3n) is 4.85. The van der Waals surface area contributed by atoms with Gasteiger partial charge in [-0.3, -0.25) is 9.52 Å². The van der Waals surface area contributed by atoms with Gasteiger partial charge in [-0.15, -0.1) is 11.3 Å². The third-order valence-corrected chi connectivity index (χ3v) is 7.62. The van der Waals surface area contributed by atoms with E-state index in [-0.39, 0.29) is 10.1 Å². The molecule has 3 aromatic rings. The molecule has 0 bridgehead atoms. The number of anilines is 3. The van der Waals surface area contributed by atoms with Crippen molar-refractivity contribution in [2.24, 2.45) is 0 Å². The molecule has 7 nitrogen and oxygen atoms in total. The Kier molecular flexibility index (Phi) is 6.01. The van der Waals surface area contributed by atoms with E-state index in [1.54, 1.807) is 48.0 Å². The normalized spacial score (nSPS) is 14.3. The van der Waals surface area contributed by atoms with Crippen molar-refractivity contribution in [1.82, 2.24) is 4.98 Å². The zero-order chi connectivity index (χ0) is 21.0. The van der Waals surface area contributed by atoms with Crippen molar-refractivity contribution in [2.75, 3.05) is 28.0 Å². The lowest BCUT2D eigenvalue weighted by Gasteiger charge is -2.27. The van der Waals surface area contributed by atoms with E-state index in [2.05, 4.69) is 19.9 Å². The molecule has 9 heteroatoms. The maximum atomic E-state index is 12.5. The lowest BCUT2D eigenvalue weighted by atomic mass is 10.1. The zero-order valence-electron chi connectivity index (χ0n) is 16.2. The third kappa shape index (κ3) is 4.80. The number of benzene rings is 1. The highest BCUT2D eigenvalue weighted by Crippen LogP contribution is 2.22. The van der Waals surface area contributed by atoms with Crippen molar-refractivity contribution >= 4 is 44.5 Å². The van der Waals surface area contributed by atoms with Crippen molar-refractivity contribution in [1.29, 1.82) is 0 Å². The molecular formula is C21H22N4O3S2. The Balaban J connectivity index is 1.38. The van der Waals surface area contributed by atoms with Crippen LogP contribution in [0.25, 0.3) is 0 Å². The standard InChI is InChI=1S/C21H22N4O3S2/c26-21(23-18-10-11-19(22-15-18)25-12-2-1-3-13-25)16-6-8-17(9-7-16)24-30(27,28)20-5-4-14-29-20/h4-11,14-15,24H,1-3,12-13H2,(H,23,26). The minimum atomic E-state index is -3.61. The van der Waals surface area contributed by atoms with E-state index in [9.17, 15) is 13.2 Å². The van der Waals surface area contributed by atoms with E-state index in [0.29, 0.717) is 16.9 Å². The molecule has 0 radical (unpaired) electrons. The largest absolute Gasteiger partial charge is 0.357 e. The van der Waals surface area contributed by atoms with Crippen LogP contribution in [0, 0.1) is 0 Å². The molecule has 156 valence electrons. The SMILES string of the molecule is O=C(Nc1ccc(N2CCCCC2)nc1)c1ccc(NS(=O)(=O)c2cccs2)cc1. The summed E-state index contributed by atoms with van der Waals surface area (Å²) in [5.41, 5.74) is 1.44. The van der Waals surface area contributed by atoms with Gasteiger partial charge in [-0.05, 0) is 67.1 Å². The van der Waals surface area contributed by atoms with Crippen LogP contribution in [0.3, 0.4) is 0 Å². The zero-order valence-corrected chi connectivity index (χ0v) is 17.9. The number of rotatable bonds is 6.